The molecule has 0 aromatic heterocycles. The summed E-state index contributed by atoms with van der Waals surface area (Å²) in [6.07, 6.45) is 6.47. The van der Waals surface area contributed by atoms with Crippen LogP contribution in [0, 0.1) is 0 Å². The van der Waals surface area contributed by atoms with E-state index in [0.717, 1.165) is 38.0 Å². The second-order valence-corrected chi connectivity index (χ2v) is 9.50. The summed E-state index contributed by atoms with van der Waals surface area (Å²) in [6, 6.07) is 0.808. The molecule has 0 aliphatic heterocycles. The molecule has 21 heavy (non-hydrogen) atoms. The number of thioether (sulfide) groups is 1. The lowest BCUT2D eigenvalue weighted by Crippen LogP contribution is -2.43. The molecule has 2 fully saturated rings. The van der Waals surface area contributed by atoms with Gasteiger partial charge in [0.2, 0.25) is 0 Å². The maximum atomic E-state index is 12.3. The maximum Gasteiger partial charge on any atom is 0.279 e. The van der Waals surface area contributed by atoms with Crippen LogP contribution in [0.4, 0.5) is 0 Å². The van der Waals surface area contributed by atoms with Crippen LogP contribution in [0.1, 0.15) is 45.4 Å². The molecular formula is C14H29N3O2S2. The van der Waals surface area contributed by atoms with Gasteiger partial charge in [0, 0.05) is 30.9 Å². The van der Waals surface area contributed by atoms with E-state index in [9.17, 15) is 8.42 Å². The number of hydrogen-bond donors (Lipinski definition) is 2. The average molecular weight is 336 g/mol. The minimum absolute atomic E-state index is 0.117. The van der Waals surface area contributed by atoms with Crippen molar-refractivity contribution in [3.8, 4) is 0 Å². The first kappa shape index (κ1) is 17.5. The zero-order valence-corrected chi connectivity index (χ0v) is 14.8. The van der Waals surface area contributed by atoms with Crippen LogP contribution >= 0.6 is 11.8 Å². The van der Waals surface area contributed by atoms with Gasteiger partial charge in [-0.15, -0.1) is 0 Å². The van der Waals surface area contributed by atoms with Crippen molar-refractivity contribution in [3.63, 3.8) is 0 Å². The fourth-order valence-corrected chi connectivity index (χ4v) is 5.08. The zero-order chi connectivity index (χ0) is 15.3. The second-order valence-electron chi connectivity index (χ2n) is 6.11. The molecule has 5 nitrogen and oxygen atoms in total. The first-order valence-corrected chi connectivity index (χ1v) is 10.6. The Kier molecular flexibility index (Phi) is 6.80. The number of nitrogens with one attached hydrogen (secondary N) is 2. The normalized spacial score (nSPS) is 26.6. The monoisotopic (exact) mass is 335 g/mol. The van der Waals surface area contributed by atoms with Crippen LogP contribution in [0.2, 0.25) is 0 Å². The van der Waals surface area contributed by atoms with E-state index in [0.29, 0.717) is 17.8 Å². The molecular weight excluding hydrogens is 306 g/mol. The molecule has 0 saturated heterocycles. The zero-order valence-electron chi connectivity index (χ0n) is 13.2. The van der Waals surface area contributed by atoms with E-state index in [1.807, 2.05) is 11.8 Å². The fraction of sp³-hybridized carbons (Fsp3) is 1.00. The molecule has 0 aromatic carbocycles. The molecule has 2 aliphatic carbocycles. The smallest absolute Gasteiger partial charge is 0.279 e. The van der Waals surface area contributed by atoms with Crippen LogP contribution in [-0.4, -0.2) is 55.9 Å². The van der Waals surface area contributed by atoms with Crippen LogP contribution in [0.15, 0.2) is 0 Å². The van der Waals surface area contributed by atoms with Crippen molar-refractivity contribution in [3.05, 3.63) is 0 Å². The van der Waals surface area contributed by atoms with Gasteiger partial charge in [-0.1, -0.05) is 6.92 Å². The summed E-state index contributed by atoms with van der Waals surface area (Å²) in [4.78, 5) is 0. The number of nitrogens with zero attached hydrogens (tertiary/aromatic N) is 1. The van der Waals surface area contributed by atoms with E-state index >= 15 is 0 Å². The predicted octanol–water partition coefficient (Wildman–Crippen LogP) is 1.57. The largest absolute Gasteiger partial charge is 0.314 e. The molecule has 0 radical (unpaired) electrons. The summed E-state index contributed by atoms with van der Waals surface area (Å²) in [5.74, 6) is 1.11. The van der Waals surface area contributed by atoms with Crippen molar-refractivity contribution in [2.24, 2.45) is 0 Å². The molecule has 0 aromatic rings. The van der Waals surface area contributed by atoms with Gasteiger partial charge in [-0.05, 0) is 50.8 Å². The Morgan fingerprint density at radius 3 is 2.57 bits per heavy atom. The second kappa shape index (κ2) is 8.15. The molecule has 2 N–H and O–H groups in total. The van der Waals surface area contributed by atoms with E-state index in [-0.39, 0.29) is 6.04 Å². The molecule has 0 spiro atoms. The summed E-state index contributed by atoms with van der Waals surface area (Å²) < 4.78 is 28.9. The minimum Gasteiger partial charge on any atom is -0.314 e. The molecule has 2 rings (SSSR count). The lowest BCUT2D eigenvalue weighted by atomic mass is 10.3. The Morgan fingerprint density at radius 1 is 1.19 bits per heavy atom. The lowest BCUT2D eigenvalue weighted by Gasteiger charge is -2.21. The van der Waals surface area contributed by atoms with Crippen LogP contribution in [-0.2, 0) is 10.2 Å². The van der Waals surface area contributed by atoms with Crippen LogP contribution in [0.3, 0.4) is 0 Å². The third kappa shape index (κ3) is 6.06. The van der Waals surface area contributed by atoms with Crippen LogP contribution in [0.5, 0.6) is 0 Å². The SMILES string of the molecule is CCSC1CCC(NS(=O)(=O)N(C)CCCNC2CC2)C1. The van der Waals surface area contributed by atoms with E-state index in [4.69, 9.17) is 0 Å². The first-order chi connectivity index (χ1) is 10.0. The molecule has 0 heterocycles. The summed E-state index contributed by atoms with van der Waals surface area (Å²) in [5.41, 5.74) is 0. The Morgan fingerprint density at radius 2 is 1.90 bits per heavy atom. The van der Waals surface area contributed by atoms with Gasteiger partial charge in [0.15, 0.2) is 0 Å². The molecule has 0 amide bonds. The van der Waals surface area contributed by atoms with Gasteiger partial charge in [-0.25, -0.2) is 0 Å². The van der Waals surface area contributed by atoms with Crippen LogP contribution < -0.4 is 10.0 Å². The molecule has 7 heteroatoms. The topological polar surface area (TPSA) is 61.4 Å². The molecule has 2 unspecified atom stereocenters. The standard InChI is InChI=1S/C14H29N3O2S2/c1-3-20-14-8-7-13(11-14)16-21(18,19)17(2)10-4-9-15-12-5-6-12/h12-16H,3-11H2,1-2H3. The Hall–Kier alpha value is 0.180. The Bertz CT molecular complexity index is 412. The van der Waals surface area contributed by atoms with Gasteiger partial charge >= 0.3 is 0 Å². The summed E-state index contributed by atoms with van der Waals surface area (Å²) in [6.45, 7) is 3.64. The maximum absolute atomic E-state index is 12.3. The van der Waals surface area contributed by atoms with Crippen molar-refractivity contribution in [1.29, 1.82) is 0 Å². The summed E-state index contributed by atoms with van der Waals surface area (Å²) in [7, 11) is -1.65. The summed E-state index contributed by atoms with van der Waals surface area (Å²) in [5, 5.41) is 4.03. The van der Waals surface area contributed by atoms with Gasteiger partial charge in [0.1, 0.15) is 0 Å². The molecule has 2 aliphatic rings. The Labute approximate surface area is 133 Å². The van der Waals surface area contributed by atoms with Gasteiger partial charge in [-0.2, -0.15) is 29.2 Å². The highest BCUT2D eigenvalue weighted by molar-refractivity contribution is 7.99. The molecule has 124 valence electrons. The third-order valence-electron chi connectivity index (χ3n) is 4.17. The number of rotatable bonds is 10. The summed E-state index contributed by atoms with van der Waals surface area (Å²) >= 11 is 1.95. The molecule has 2 saturated carbocycles. The van der Waals surface area contributed by atoms with Gasteiger partial charge in [-0.3, -0.25) is 0 Å². The van der Waals surface area contributed by atoms with Crippen molar-refractivity contribution in [2.45, 2.75) is 62.8 Å². The van der Waals surface area contributed by atoms with Gasteiger partial charge in [0.25, 0.3) is 10.2 Å². The number of hydrogen-bond acceptors (Lipinski definition) is 4. The highest BCUT2D eigenvalue weighted by Crippen LogP contribution is 2.30. The van der Waals surface area contributed by atoms with Crippen molar-refractivity contribution < 1.29 is 8.42 Å². The van der Waals surface area contributed by atoms with E-state index in [2.05, 4.69) is 17.0 Å². The third-order valence-corrected chi connectivity index (χ3v) is 7.04. The quantitative estimate of drug-likeness (QED) is 0.595. The molecule has 0 bridgehead atoms. The highest BCUT2D eigenvalue weighted by atomic mass is 32.2. The van der Waals surface area contributed by atoms with E-state index < -0.39 is 10.2 Å². The Balaban J connectivity index is 1.67. The van der Waals surface area contributed by atoms with Crippen LogP contribution in [0.25, 0.3) is 0 Å². The van der Waals surface area contributed by atoms with Crippen molar-refractivity contribution in [2.75, 3.05) is 25.9 Å². The first-order valence-electron chi connectivity index (χ1n) is 8.10. The van der Waals surface area contributed by atoms with Crippen molar-refractivity contribution >= 4 is 22.0 Å². The van der Waals surface area contributed by atoms with Gasteiger partial charge in [0.05, 0.1) is 0 Å². The average Bonchev–Trinajstić information content (AvgIpc) is 3.16. The predicted molar refractivity (Wildman–Crippen MR) is 89.9 cm³/mol. The fourth-order valence-electron chi connectivity index (χ4n) is 2.75. The van der Waals surface area contributed by atoms with E-state index in [1.165, 1.54) is 17.1 Å². The lowest BCUT2D eigenvalue weighted by molar-refractivity contribution is 0.435. The van der Waals surface area contributed by atoms with Gasteiger partial charge < -0.3 is 5.32 Å². The highest BCUT2D eigenvalue weighted by Gasteiger charge is 2.29. The van der Waals surface area contributed by atoms with Crippen molar-refractivity contribution in [1.82, 2.24) is 14.3 Å². The molecule has 2 atom stereocenters. The minimum atomic E-state index is -3.32. The van der Waals surface area contributed by atoms with E-state index in [1.54, 1.807) is 7.05 Å².